The van der Waals surface area contributed by atoms with Crippen LogP contribution in [0.5, 0.6) is 5.75 Å². The maximum atomic E-state index is 12.1. The molecule has 0 bridgehead atoms. The summed E-state index contributed by atoms with van der Waals surface area (Å²) in [4.78, 5) is 16.6. The van der Waals surface area contributed by atoms with E-state index in [-0.39, 0.29) is 11.7 Å². The molecule has 1 saturated heterocycles. The molecule has 2 aromatic carbocycles. The number of phenolic OH excluding ortho intramolecular Hbond substituents is 1. The first-order valence-corrected chi connectivity index (χ1v) is 10.2. The molecule has 0 unspecified atom stereocenters. The summed E-state index contributed by atoms with van der Waals surface area (Å²) in [6.45, 7) is 4.67. The van der Waals surface area contributed by atoms with Gasteiger partial charge in [0.05, 0.1) is 12.8 Å². The van der Waals surface area contributed by atoms with Crippen LogP contribution < -0.4 is 5.43 Å². The highest BCUT2D eigenvalue weighted by Gasteiger charge is 2.18. The van der Waals surface area contributed by atoms with E-state index < -0.39 is 0 Å². The molecule has 1 aliphatic heterocycles. The van der Waals surface area contributed by atoms with Crippen LogP contribution >= 0.6 is 27.5 Å². The van der Waals surface area contributed by atoms with Gasteiger partial charge in [-0.3, -0.25) is 14.6 Å². The van der Waals surface area contributed by atoms with E-state index in [1.807, 2.05) is 24.3 Å². The fourth-order valence-corrected chi connectivity index (χ4v) is 3.50. The molecule has 8 heteroatoms. The lowest BCUT2D eigenvalue weighted by atomic mass is 10.2. The van der Waals surface area contributed by atoms with Gasteiger partial charge in [0.15, 0.2) is 0 Å². The molecule has 0 radical (unpaired) electrons. The number of hydrazone groups is 1. The highest BCUT2D eigenvalue weighted by Crippen LogP contribution is 2.20. The van der Waals surface area contributed by atoms with Crippen LogP contribution in [0.4, 0.5) is 0 Å². The predicted molar refractivity (Wildman–Crippen MR) is 115 cm³/mol. The van der Waals surface area contributed by atoms with Crippen LogP contribution in [0.15, 0.2) is 52.0 Å². The molecule has 1 fully saturated rings. The van der Waals surface area contributed by atoms with Crippen molar-refractivity contribution in [3.05, 3.63) is 63.1 Å². The van der Waals surface area contributed by atoms with E-state index in [4.69, 9.17) is 11.6 Å². The number of amides is 1. The summed E-state index contributed by atoms with van der Waals surface area (Å²) in [5.74, 6) is -0.0603. The van der Waals surface area contributed by atoms with Gasteiger partial charge in [-0.15, -0.1) is 0 Å². The fourth-order valence-electron chi connectivity index (χ4n) is 2.99. The molecule has 148 valence electrons. The molecule has 1 aliphatic rings. The van der Waals surface area contributed by atoms with E-state index >= 15 is 0 Å². The van der Waals surface area contributed by atoms with Crippen molar-refractivity contribution in [2.24, 2.45) is 5.10 Å². The zero-order valence-electron chi connectivity index (χ0n) is 15.3. The molecule has 6 nitrogen and oxygen atoms in total. The third-order valence-corrected chi connectivity index (χ3v) is 5.28. The van der Waals surface area contributed by atoms with Crippen molar-refractivity contribution in [1.82, 2.24) is 15.2 Å². The Labute approximate surface area is 177 Å². The van der Waals surface area contributed by atoms with Gasteiger partial charge in [-0.2, -0.15) is 5.10 Å². The molecular weight excluding hydrogens is 444 g/mol. The summed E-state index contributed by atoms with van der Waals surface area (Å²) < 4.78 is 0.828. The standard InChI is InChI=1S/C20H22BrClN4O2/c21-17-3-6-19(27)16(11-17)12-23-24-20(28)14-26-9-7-25(8-10-26)13-15-1-4-18(22)5-2-15/h1-6,11-12,27H,7-10,13-14H2,(H,24,28)/b23-12-. The number of carbonyl (C=O) groups excluding carboxylic acids is 1. The third-order valence-electron chi connectivity index (χ3n) is 4.53. The number of phenols is 1. The average Bonchev–Trinajstić information content (AvgIpc) is 2.68. The molecule has 2 aromatic rings. The van der Waals surface area contributed by atoms with Crippen molar-refractivity contribution in [2.45, 2.75) is 6.54 Å². The molecule has 0 saturated carbocycles. The Kier molecular flexibility index (Phi) is 7.44. The van der Waals surface area contributed by atoms with Gasteiger partial charge in [-0.05, 0) is 35.9 Å². The molecule has 2 N–H and O–H groups in total. The van der Waals surface area contributed by atoms with E-state index in [0.29, 0.717) is 12.1 Å². The smallest absolute Gasteiger partial charge is 0.254 e. The van der Waals surface area contributed by atoms with Gasteiger partial charge < -0.3 is 5.11 Å². The van der Waals surface area contributed by atoms with E-state index in [9.17, 15) is 9.90 Å². The van der Waals surface area contributed by atoms with Crippen molar-refractivity contribution in [3.63, 3.8) is 0 Å². The summed E-state index contributed by atoms with van der Waals surface area (Å²) in [5.41, 5.74) is 4.29. The molecule has 1 amide bonds. The number of benzene rings is 2. The van der Waals surface area contributed by atoms with Crippen LogP contribution in [0, 0.1) is 0 Å². The van der Waals surface area contributed by atoms with Crippen LogP contribution in [-0.2, 0) is 11.3 Å². The van der Waals surface area contributed by atoms with Gasteiger partial charge >= 0.3 is 0 Å². The Balaban J connectivity index is 1.40. The Morgan fingerprint density at radius 2 is 1.82 bits per heavy atom. The van der Waals surface area contributed by atoms with E-state index in [2.05, 4.69) is 36.3 Å². The Bertz CT molecular complexity index is 837. The van der Waals surface area contributed by atoms with Crippen LogP contribution in [0.3, 0.4) is 0 Å². The van der Waals surface area contributed by atoms with E-state index in [1.54, 1.807) is 18.2 Å². The summed E-state index contributed by atoms with van der Waals surface area (Å²) in [6.07, 6.45) is 1.43. The third kappa shape index (κ3) is 6.31. The molecule has 28 heavy (non-hydrogen) atoms. The molecule has 0 aromatic heterocycles. The van der Waals surface area contributed by atoms with E-state index in [0.717, 1.165) is 42.2 Å². The number of nitrogens with zero attached hydrogens (tertiary/aromatic N) is 3. The number of halogens is 2. The highest BCUT2D eigenvalue weighted by molar-refractivity contribution is 9.10. The lowest BCUT2D eigenvalue weighted by Crippen LogP contribution is -2.48. The zero-order chi connectivity index (χ0) is 19.9. The summed E-state index contributed by atoms with van der Waals surface area (Å²) >= 11 is 9.26. The zero-order valence-corrected chi connectivity index (χ0v) is 17.7. The maximum Gasteiger partial charge on any atom is 0.254 e. The predicted octanol–water partition coefficient (Wildman–Crippen LogP) is 3.08. The molecular formula is C20H22BrClN4O2. The van der Waals surface area contributed by atoms with Crippen molar-refractivity contribution in [2.75, 3.05) is 32.7 Å². The van der Waals surface area contributed by atoms with Crippen LogP contribution in [0.25, 0.3) is 0 Å². The Morgan fingerprint density at radius 3 is 2.54 bits per heavy atom. The van der Waals surface area contributed by atoms with E-state index in [1.165, 1.54) is 11.8 Å². The number of hydrogen-bond acceptors (Lipinski definition) is 5. The summed E-state index contributed by atoms with van der Waals surface area (Å²) in [6, 6.07) is 12.9. The SMILES string of the molecule is O=C(CN1CCN(Cc2ccc(Cl)cc2)CC1)N/N=C\c1cc(Br)ccc1O. The van der Waals surface area contributed by atoms with Gasteiger partial charge in [0.25, 0.3) is 5.91 Å². The Morgan fingerprint density at radius 1 is 1.14 bits per heavy atom. The number of aromatic hydroxyl groups is 1. The molecule has 1 heterocycles. The normalized spacial score (nSPS) is 15.8. The minimum absolute atomic E-state index is 0.109. The van der Waals surface area contributed by atoms with Crippen LogP contribution in [0.1, 0.15) is 11.1 Å². The van der Waals surface area contributed by atoms with Crippen molar-refractivity contribution in [1.29, 1.82) is 0 Å². The van der Waals surface area contributed by atoms with Gasteiger partial charge in [0, 0.05) is 47.8 Å². The number of rotatable bonds is 6. The molecule has 0 aliphatic carbocycles. The fraction of sp³-hybridized carbons (Fsp3) is 0.300. The second-order valence-electron chi connectivity index (χ2n) is 6.68. The highest BCUT2D eigenvalue weighted by atomic mass is 79.9. The van der Waals surface area contributed by atoms with Gasteiger partial charge in [0.1, 0.15) is 5.75 Å². The molecule has 0 atom stereocenters. The minimum atomic E-state index is -0.170. The number of nitrogens with one attached hydrogen (secondary N) is 1. The lowest BCUT2D eigenvalue weighted by Gasteiger charge is -2.34. The van der Waals surface area contributed by atoms with Crippen LogP contribution in [0.2, 0.25) is 5.02 Å². The Hall–Kier alpha value is -1.93. The molecule has 0 spiro atoms. The maximum absolute atomic E-state index is 12.1. The van der Waals surface area contributed by atoms with Crippen molar-refractivity contribution >= 4 is 39.7 Å². The first-order valence-electron chi connectivity index (χ1n) is 8.99. The summed E-state index contributed by atoms with van der Waals surface area (Å²) in [5, 5.41) is 14.4. The van der Waals surface area contributed by atoms with Gasteiger partial charge in [-0.25, -0.2) is 5.43 Å². The van der Waals surface area contributed by atoms with Gasteiger partial charge in [-0.1, -0.05) is 39.7 Å². The van der Waals surface area contributed by atoms with Crippen LogP contribution in [-0.4, -0.2) is 59.8 Å². The average molecular weight is 466 g/mol. The first kappa shape index (κ1) is 20.8. The van der Waals surface area contributed by atoms with Crippen molar-refractivity contribution in [3.8, 4) is 5.75 Å². The minimum Gasteiger partial charge on any atom is -0.507 e. The number of piperazine rings is 1. The van der Waals surface area contributed by atoms with Crippen molar-refractivity contribution < 1.29 is 9.90 Å². The quantitative estimate of drug-likeness (QED) is 0.508. The van der Waals surface area contributed by atoms with Gasteiger partial charge in [0.2, 0.25) is 0 Å². The second-order valence-corrected chi connectivity index (χ2v) is 8.03. The first-order chi connectivity index (χ1) is 13.5. The number of hydrogen-bond donors (Lipinski definition) is 2. The second kappa shape index (κ2) is 10.0. The largest absolute Gasteiger partial charge is 0.507 e. The molecule has 3 rings (SSSR count). The number of carbonyl (C=O) groups is 1. The lowest BCUT2D eigenvalue weighted by molar-refractivity contribution is -0.122. The topological polar surface area (TPSA) is 68.2 Å². The summed E-state index contributed by atoms with van der Waals surface area (Å²) in [7, 11) is 0. The monoisotopic (exact) mass is 464 g/mol.